The first-order valence-corrected chi connectivity index (χ1v) is 8.00. The van der Waals surface area contributed by atoms with Gasteiger partial charge < -0.3 is 5.73 Å². The monoisotopic (exact) mass is 296 g/mol. The van der Waals surface area contributed by atoms with Gasteiger partial charge in [0.2, 0.25) is 0 Å². The summed E-state index contributed by atoms with van der Waals surface area (Å²) in [5, 5.41) is 3.57. The molecule has 108 valence electrons. The number of hydrogen-bond acceptors (Lipinski definition) is 3. The summed E-state index contributed by atoms with van der Waals surface area (Å²) in [6.45, 7) is 7.11. The highest BCUT2D eigenvalue weighted by atomic mass is 32.1. The molecule has 0 aliphatic heterocycles. The average Bonchev–Trinajstić information content (AvgIpc) is 2.91. The van der Waals surface area contributed by atoms with Gasteiger partial charge in [0.15, 0.2) is 0 Å². The van der Waals surface area contributed by atoms with Crippen LogP contribution in [0.3, 0.4) is 0 Å². The number of rotatable bonds is 2. The van der Waals surface area contributed by atoms with Crippen LogP contribution in [0.4, 0.5) is 0 Å². The Morgan fingerprint density at radius 2 is 1.76 bits per heavy atom. The predicted molar refractivity (Wildman–Crippen MR) is 91.6 cm³/mol. The number of nitrogens with two attached hydrogens (primary N) is 1. The van der Waals surface area contributed by atoms with Gasteiger partial charge in [-0.1, -0.05) is 57.2 Å². The molecule has 1 aromatic heterocycles. The number of aromatic nitrogens is 1. The van der Waals surface area contributed by atoms with Crippen molar-refractivity contribution in [2.75, 3.05) is 0 Å². The Balaban J connectivity index is 2.12. The topological polar surface area (TPSA) is 38.9 Å². The molecule has 0 saturated carbocycles. The van der Waals surface area contributed by atoms with Crippen LogP contribution in [0.25, 0.3) is 21.3 Å². The van der Waals surface area contributed by atoms with E-state index in [-0.39, 0.29) is 5.41 Å². The van der Waals surface area contributed by atoms with Crippen molar-refractivity contribution in [3.63, 3.8) is 0 Å². The van der Waals surface area contributed by atoms with Crippen LogP contribution in [0, 0.1) is 0 Å². The fraction of sp³-hybridized carbons (Fsp3) is 0.278. The van der Waals surface area contributed by atoms with Crippen molar-refractivity contribution in [3.05, 3.63) is 53.0 Å². The van der Waals surface area contributed by atoms with Crippen LogP contribution in [0.15, 0.2) is 42.5 Å². The molecule has 21 heavy (non-hydrogen) atoms. The van der Waals surface area contributed by atoms with Gasteiger partial charge in [-0.15, -0.1) is 11.3 Å². The lowest BCUT2D eigenvalue weighted by Crippen LogP contribution is -2.15. The molecule has 0 aliphatic carbocycles. The third-order valence-corrected chi connectivity index (χ3v) is 4.72. The maximum atomic E-state index is 5.90. The quantitative estimate of drug-likeness (QED) is 0.743. The molecule has 0 unspecified atom stereocenters. The van der Waals surface area contributed by atoms with Crippen LogP contribution in [0.2, 0.25) is 0 Å². The molecule has 3 aromatic rings. The zero-order valence-corrected chi connectivity index (χ0v) is 13.5. The average molecular weight is 296 g/mol. The molecule has 0 aliphatic rings. The van der Waals surface area contributed by atoms with E-state index in [9.17, 15) is 0 Å². The van der Waals surface area contributed by atoms with E-state index >= 15 is 0 Å². The first kappa shape index (κ1) is 14.2. The maximum absolute atomic E-state index is 5.90. The number of hydrogen-bond donors (Lipinski definition) is 1. The lowest BCUT2D eigenvalue weighted by Gasteiger charge is -2.16. The molecule has 0 bridgehead atoms. The Labute approximate surface area is 129 Å². The van der Waals surface area contributed by atoms with Gasteiger partial charge in [-0.25, -0.2) is 4.98 Å². The van der Waals surface area contributed by atoms with Crippen LogP contribution in [0.5, 0.6) is 0 Å². The second-order valence-electron chi connectivity index (χ2n) is 6.31. The Kier molecular flexibility index (Phi) is 3.56. The van der Waals surface area contributed by atoms with E-state index < -0.39 is 0 Å². The Morgan fingerprint density at radius 1 is 1.05 bits per heavy atom. The molecular weight excluding hydrogens is 276 g/mol. The van der Waals surface area contributed by atoms with Crippen LogP contribution in [0.1, 0.15) is 31.3 Å². The van der Waals surface area contributed by atoms with Crippen molar-refractivity contribution < 1.29 is 0 Å². The SMILES string of the molecule is CC(C)(C)c1nc(-c2ccc3ccccc3c2)sc1CN. The summed E-state index contributed by atoms with van der Waals surface area (Å²) in [4.78, 5) is 6.05. The first-order valence-electron chi connectivity index (χ1n) is 7.18. The van der Waals surface area contributed by atoms with Gasteiger partial charge in [0.05, 0.1) is 5.69 Å². The Bertz CT molecular complexity index is 781. The third kappa shape index (κ3) is 2.71. The molecule has 2 nitrogen and oxygen atoms in total. The van der Waals surface area contributed by atoms with Gasteiger partial charge in [0.25, 0.3) is 0 Å². The van der Waals surface area contributed by atoms with Crippen LogP contribution in [-0.2, 0) is 12.0 Å². The second kappa shape index (κ2) is 5.24. The minimum absolute atomic E-state index is 0.0281. The van der Waals surface area contributed by atoms with Crippen molar-refractivity contribution in [2.45, 2.75) is 32.7 Å². The molecule has 0 atom stereocenters. The largest absolute Gasteiger partial charge is 0.326 e. The number of fused-ring (bicyclic) bond motifs is 1. The summed E-state index contributed by atoms with van der Waals surface area (Å²) < 4.78 is 0. The van der Waals surface area contributed by atoms with Gasteiger partial charge in [-0.2, -0.15) is 0 Å². The van der Waals surface area contributed by atoms with E-state index in [0.717, 1.165) is 10.7 Å². The fourth-order valence-electron chi connectivity index (χ4n) is 2.52. The fourth-order valence-corrected chi connectivity index (χ4v) is 3.67. The van der Waals surface area contributed by atoms with E-state index in [0.29, 0.717) is 6.54 Å². The van der Waals surface area contributed by atoms with Gasteiger partial charge >= 0.3 is 0 Å². The van der Waals surface area contributed by atoms with E-state index in [1.54, 1.807) is 11.3 Å². The highest BCUT2D eigenvalue weighted by molar-refractivity contribution is 7.15. The summed E-state index contributed by atoms with van der Waals surface area (Å²) in [5.41, 5.74) is 8.22. The normalized spacial score (nSPS) is 12.0. The molecule has 3 rings (SSSR count). The summed E-state index contributed by atoms with van der Waals surface area (Å²) in [6.07, 6.45) is 0. The van der Waals surface area contributed by atoms with E-state index in [1.165, 1.54) is 21.2 Å². The minimum atomic E-state index is 0.0281. The number of benzene rings is 2. The van der Waals surface area contributed by atoms with E-state index in [1.807, 2.05) is 0 Å². The summed E-state index contributed by atoms with van der Waals surface area (Å²) in [5.74, 6) is 0. The lowest BCUT2D eigenvalue weighted by atomic mass is 9.91. The first-order chi connectivity index (χ1) is 9.99. The Morgan fingerprint density at radius 3 is 2.38 bits per heavy atom. The lowest BCUT2D eigenvalue weighted by molar-refractivity contribution is 0.567. The molecule has 0 amide bonds. The van der Waals surface area contributed by atoms with E-state index in [2.05, 4.69) is 63.2 Å². The third-order valence-electron chi connectivity index (χ3n) is 3.59. The molecule has 2 aromatic carbocycles. The molecule has 0 spiro atoms. The summed E-state index contributed by atoms with van der Waals surface area (Å²) in [7, 11) is 0. The van der Waals surface area contributed by atoms with E-state index in [4.69, 9.17) is 10.7 Å². The van der Waals surface area contributed by atoms with Crippen molar-refractivity contribution >= 4 is 22.1 Å². The van der Waals surface area contributed by atoms with Crippen LogP contribution in [-0.4, -0.2) is 4.98 Å². The number of nitrogens with zero attached hydrogens (tertiary/aromatic N) is 1. The zero-order valence-electron chi connectivity index (χ0n) is 12.7. The molecular formula is C18H20N2S. The summed E-state index contributed by atoms with van der Waals surface area (Å²) >= 11 is 1.71. The van der Waals surface area contributed by atoms with Crippen LogP contribution < -0.4 is 5.73 Å². The molecule has 3 heteroatoms. The minimum Gasteiger partial charge on any atom is -0.326 e. The van der Waals surface area contributed by atoms with Crippen molar-refractivity contribution in [3.8, 4) is 10.6 Å². The summed E-state index contributed by atoms with van der Waals surface area (Å²) in [6, 6.07) is 14.9. The van der Waals surface area contributed by atoms with Crippen molar-refractivity contribution in [1.29, 1.82) is 0 Å². The standard InChI is InChI=1S/C18H20N2S/c1-18(2,3)16-15(11-19)21-17(20-16)14-9-8-12-6-4-5-7-13(12)10-14/h4-10H,11,19H2,1-3H3. The van der Waals surface area contributed by atoms with Crippen LogP contribution >= 0.6 is 11.3 Å². The highest BCUT2D eigenvalue weighted by Gasteiger charge is 2.22. The molecule has 0 fully saturated rings. The van der Waals surface area contributed by atoms with Gasteiger partial charge in [-0.3, -0.25) is 0 Å². The van der Waals surface area contributed by atoms with Crippen molar-refractivity contribution in [1.82, 2.24) is 4.98 Å². The van der Waals surface area contributed by atoms with Gasteiger partial charge in [-0.05, 0) is 16.8 Å². The maximum Gasteiger partial charge on any atom is 0.123 e. The number of thiazole rings is 1. The van der Waals surface area contributed by atoms with Crippen molar-refractivity contribution in [2.24, 2.45) is 5.73 Å². The molecule has 0 saturated heterocycles. The predicted octanol–water partition coefficient (Wildman–Crippen LogP) is 4.72. The second-order valence-corrected chi connectivity index (χ2v) is 7.39. The zero-order chi connectivity index (χ0) is 15.0. The molecule has 2 N–H and O–H groups in total. The van der Waals surface area contributed by atoms with Gasteiger partial charge in [0, 0.05) is 22.4 Å². The Hall–Kier alpha value is -1.71. The smallest absolute Gasteiger partial charge is 0.123 e. The highest BCUT2D eigenvalue weighted by Crippen LogP contribution is 2.35. The van der Waals surface area contributed by atoms with Gasteiger partial charge in [0.1, 0.15) is 5.01 Å². The molecule has 0 radical (unpaired) electrons. The molecule has 1 heterocycles.